The fraction of sp³-hybridized carbons (Fsp3) is 0.500. The number of hydrogen-bond donors (Lipinski definition) is 0. The van der Waals surface area contributed by atoms with Gasteiger partial charge < -0.3 is 4.42 Å². The highest BCUT2D eigenvalue weighted by Crippen LogP contribution is 2.35. The van der Waals surface area contributed by atoms with E-state index < -0.39 is 0 Å². The lowest BCUT2D eigenvalue weighted by Crippen LogP contribution is -2.08. The molecule has 3 heteroatoms. The molecule has 1 fully saturated rings. The van der Waals surface area contributed by atoms with E-state index in [2.05, 4.69) is 4.98 Å². The number of carbonyl (C=O) groups is 1. The Morgan fingerprint density at radius 3 is 2.91 bits per heavy atom. The Labute approximate surface area is 64.4 Å². The van der Waals surface area contributed by atoms with E-state index >= 15 is 0 Å². The smallest absolute Gasteiger partial charge is 0.259 e. The molecule has 0 saturated heterocycles. The van der Waals surface area contributed by atoms with Crippen molar-refractivity contribution in [1.29, 1.82) is 0 Å². The molecule has 58 valence electrons. The van der Waals surface area contributed by atoms with E-state index in [1.54, 1.807) is 6.26 Å². The van der Waals surface area contributed by atoms with Gasteiger partial charge in [-0.15, -0.1) is 0 Å². The highest BCUT2D eigenvalue weighted by atomic mass is 16.3. The minimum absolute atomic E-state index is 0.201. The van der Waals surface area contributed by atoms with E-state index in [0.29, 0.717) is 12.2 Å². The SMILES string of the molecule is O=Cc1nc(C2CCC2)co1. The molecule has 2 rings (SSSR count). The standard InChI is InChI=1S/C8H9NO2/c10-4-8-9-7(5-11-8)6-2-1-3-6/h4-6H,1-3H2. The summed E-state index contributed by atoms with van der Waals surface area (Å²) in [6.07, 6.45) is 5.87. The van der Waals surface area contributed by atoms with E-state index in [0.717, 1.165) is 5.69 Å². The van der Waals surface area contributed by atoms with E-state index in [1.165, 1.54) is 19.3 Å². The fourth-order valence-corrected chi connectivity index (χ4v) is 1.25. The number of oxazole rings is 1. The third-order valence-electron chi connectivity index (χ3n) is 2.16. The highest BCUT2D eigenvalue weighted by molar-refractivity contribution is 5.67. The van der Waals surface area contributed by atoms with Gasteiger partial charge in [-0.1, -0.05) is 6.42 Å². The van der Waals surface area contributed by atoms with E-state index in [1.807, 2.05) is 0 Å². The van der Waals surface area contributed by atoms with Gasteiger partial charge in [-0.2, -0.15) is 0 Å². The summed E-state index contributed by atoms with van der Waals surface area (Å²) in [6.45, 7) is 0. The molecule has 1 aliphatic carbocycles. The molecule has 0 N–H and O–H groups in total. The van der Waals surface area contributed by atoms with Gasteiger partial charge in [0.25, 0.3) is 5.89 Å². The third-order valence-corrected chi connectivity index (χ3v) is 2.16. The molecule has 1 aromatic heterocycles. The number of carbonyl (C=O) groups excluding carboxylic acids is 1. The van der Waals surface area contributed by atoms with Crippen molar-refractivity contribution in [3.8, 4) is 0 Å². The maximum atomic E-state index is 10.2. The second kappa shape index (κ2) is 2.49. The van der Waals surface area contributed by atoms with Crippen molar-refractivity contribution in [1.82, 2.24) is 4.98 Å². The molecule has 3 nitrogen and oxygen atoms in total. The summed E-state index contributed by atoms with van der Waals surface area (Å²) in [7, 11) is 0. The topological polar surface area (TPSA) is 43.1 Å². The van der Waals surface area contributed by atoms with Crippen LogP contribution in [0.2, 0.25) is 0 Å². The first-order valence-electron chi connectivity index (χ1n) is 3.81. The molecule has 0 amide bonds. The van der Waals surface area contributed by atoms with Crippen molar-refractivity contribution in [2.75, 3.05) is 0 Å². The van der Waals surface area contributed by atoms with Gasteiger partial charge in [0, 0.05) is 5.92 Å². The highest BCUT2D eigenvalue weighted by Gasteiger charge is 2.22. The first-order chi connectivity index (χ1) is 5.40. The zero-order valence-electron chi connectivity index (χ0n) is 6.12. The van der Waals surface area contributed by atoms with Gasteiger partial charge in [-0.3, -0.25) is 4.79 Å². The molecule has 1 saturated carbocycles. The molecule has 1 aromatic rings. The van der Waals surface area contributed by atoms with Crippen LogP contribution >= 0.6 is 0 Å². The number of hydrogen-bond acceptors (Lipinski definition) is 3. The molecule has 0 unspecified atom stereocenters. The molecule has 0 aliphatic heterocycles. The van der Waals surface area contributed by atoms with Gasteiger partial charge in [0.2, 0.25) is 6.29 Å². The normalized spacial score (nSPS) is 17.8. The maximum Gasteiger partial charge on any atom is 0.259 e. The Balaban J connectivity index is 2.17. The van der Waals surface area contributed by atoms with Crippen molar-refractivity contribution < 1.29 is 9.21 Å². The van der Waals surface area contributed by atoms with Crippen molar-refractivity contribution in [2.45, 2.75) is 25.2 Å². The van der Waals surface area contributed by atoms with Crippen LogP contribution in [-0.4, -0.2) is 11.3 Å². The zero-order chi connectivity index (χ0) is 7.68. The minimum Gasteiger partial charge on any atom is -0.442 e. The van der Waals surface area contributed by atoms with Crippen molar-refractivity contribution in [2.24, 2.45) is 0 Å². The molecule has 0 atom stereocenters. The van der Waals surface area contributed by atoms with Crippen LogP contribution in [0.1, 0.15) is 41.6 Å². The average Bonchev–Trinajstić information content (AvgIpc) is 2.32. The molecule has 0 radical (unpaired) electrons. The van der Waals surface area contributed by atoms with Crippen molar-refractivity contribution in [3.05, 3.63) is 17.8 Å². The fourth-order valence-electron chi connectivity index (χ4n) is 1.25. The summed E-state index contributed by atoms with van der Waals surface area (Å²) >= 11 is 0. The van der Waals surface area contributed by atoms with Crippen LogP contribution < -0.4 is 0 Å². The zero-order valence-corrected chi connectivity index (χ0v) is 6.12. The lowest BCUT2D eigenvalue weighted by molar-refractivity contribution is 0.109. The van der Waals surface area contributed by atoms with Gasteiger partial charge in [0.15, 0.2) is 0 Å². The number of aromatic nitrogens is 1. The molecule has 0 aromatic carbocycles. The quantitative estimate of drug-likeness (QED) is 0.605. The second-order valence-electron chi connectivity index (χ2n) is 2.86. The number of nitrogens with zero attached hydrogens (tertiary/aromatic N) is 1. The summed E-state index contributed by atoms with van der Waals surface area (Å²) in [5.41, 5.74) is 0.943. The molecule has 11 heavy (non-hydrogen) atoms. The van der Waals surface area contributed by atoms with Crippen LogP contribution in [0.4, 0.5) is 0 Å². The van der Waals surface area contributed by atoms with Gasteiger partial charge in [0.1, 0.15) is 6.26 Å². The minimum atomic E-state index is 0.201. The van der Waals surface area contributed by atoms with Crippen LogP contribution in [0, 0.1) is 0 Å². The molecule has 0 bridgehead atoms. The lowest BCUT2D eigenvalue weighted by Gasteiger charge is -2.22. The van der Waals surface area contributed by atoms with Crippen LogP contribution in [-0.2, 0) is 0 Å². The Bertz CT molecular complexity index is 263. The van der Waals surface area contributed by atoms with Crippen LogP contribution in [0.5, 0.6) is 0 Å². The Morgan fingerprint density at radius 2 is 2.45 bits per heavy atom. The van der Waals surface area contributed by atoms with E-state index in [-0.39, 0.29) is 5.89 Å². The summed E-state index contributed by atoms with van der Waals surface area (Å²) in [6, 6.07) is 0. The Kier molecular flexibility index (Phi) is 1.49. The maximum absolute atomic E-state index is 10.2. The monoisotopic (exact) mass is 151 g/mol. The lowest BCUT2D eigenvalue weighted by atomic mass is 9.83. The average molecular weight is 151 g/mol. The predicted molar refractivity (Wildman–Crippen MR) is 38.5 cm³/mol. The van der Waals surface area contributed by atoms with Crippen LogP contribution in [0.3, 0.4) is 0 Å². The predicted octanol–water partition coefficient (Wildman–Crippen LogP) is 1.75. The van der Waals surface area contributed by atoms with Gasteiger partial charge in [-0.25, -0.2) is 4.98 Å². The molecular weight excluding hydrogens is 142 g/mol. The number of aldehydes is 1. The van der Waals surface area contributed by atoms with E-state index in [4.69, 9.17) is 4.42 Å². The Hall–Kier alpha value is -1.12. The van der Waals surface area contributed by atoms with Gasteiger partial charge >= 0.3 is 0 Å². The van der Waals surface area contributed by atoms with E-state index in [9.17, 15) is 4.79 Å². The Morgan fingerprint density at radius 1 is 1.64 bits per heavy atom. The first-order valence-corrected chi connectivity index (χ1v) is 3.81. The van der Waals surface area contributed by atoms with Crippen molar-refractivity contribution in [3.63, 3.8) is 0 Å². The van der Waals surface area contributed by atoms with Gasteiger partial charge in [-0.05, 0) is 12.8 Å². The largest absolute Gasteiger partial charge is 0.442 e. The summed E-state index contributed by atoms with van der Waals surface area (Å²) in [5, 5.41) is 0. The molecule has 0 spiro atoms. The third kappa shape index (κ3) is 1.06. The van der Waals surface area contributed by atoms with Crippen molar-refractivity contribution >= 4 is 6.29 Å². The summed E-state index contributed by atoms with van der Waals surface area (Å²) < 4.78 is 4.89. The first kappa shape index (κ1) is 6.58. The molecule has 1 heterocycles. The molecule has 1 aliphatic rings. The second-order valence-corrected chi connectivity index (χ2v) is 2.86. The van der Waals surface area contributed by atoms with Crippen LogP contribution in [0.25, 0.3) is 0 Å². The van der Waals surface area contributed by atoms with Crippen LogP contribution in [0.15, 0.2) is 10.7 Å². The van der Waals surface area contributed by atoms with Gasteiger partial charge in [0.05, 0.1) is 5.69 Å². The summed E-state index contributed by atoms with van der Waals surface area (Å²) in [5.74, 6) is 0.749. The molecular formula is C8H9NO2. The summed E-state index contributed by atoms with van der Waals surface area (Å²) in [4.78, 5) is 14.2. The number of rotatable bonds is 2.